The summed E-state index contributed by atoms with van der Waals surface area (Å²) in [6, 6.07) is 0.917. The van der Waals surface area contributed by atoms with E-state index in [9.17, 15) is 0 Å². The van der Waals surface area contributed by atoms with Crippen LogP contribution in [0.3, 0.4) is 0 Å². The van der Waals surface area contributed by atoms with Crippen molar-refractivity contribution in [3.8, 4) is 0 Å². The standard InChI is InChI=1S/C11H19N/c1-2-10-6-8-3-4-9(8)7-11(10)12-5-1/h8-12H,1-7H2. The third kappa shape index (κ3) is 1.02. The topological polar surface area (TPSA) is 12.0 Å². The molecule has 0 aromatic rings. The minimum atomic E-state index is 0.917. The van der Waals surface area contributed by atoms with Crippen LogP contribution in [-0.4, -0.2) is 12.6 Å². The fourth-order valence-electron chi connectivity index (χ4n) is 3.55. The monoisotopic (exact) mass is 165 g/mol. The van der Waals surface area contributed by atoms with Gasteiger partial charge in [-0.3, -0.25) is 0 Å². The molecule has 0 aromatic heterocycles. The summed E-state index contributed by atoms with van der Waals surface area (Å²) in [4.78, 5) is 0. The van der Waals surface area contributed by atoms with Gasteiger partial charge in [-0.1, -0.05) is 0 Å². The first-order valence-electron chi connectivity index (χ1n) is 5.67. The van der Waals surface area contributed by atoms with Crippen molar-refractivity contribution in [2.24, 2.45) is 17.8 Å². The molecule has 3 fully saturated rings. The van der Waals surface area contributed by atoms with Gasteiger partial charge >= 0.3 is 0 Å². The molecular weight excluding hydrogens is 146 g/mol. The molecule has 2 aliphatic carbocycles. The van der Waals surface area contributed by atoms with Crippen molar-refractivity contribution in [3.63, 3.8) is 0 Å². The summed E-state index contributed by atoms with van der Waals surface area (Å²) in [5, 5.41) is 3.71. The summed E-state index contributed by atoms with van der Waals surface area (Å²) in [5.41, 5.74) is 0. The Morgan fingerprint density at radius 1 is 0.833 bits per heavy atom. The molecule has 1 saturated heterocycles. The number of rotatable bonds is 0. The second-order valence-corrected chi connectivity index (χ2v) is 5.03. The first kappa shape index (κ1) is 7.37. The molecule has 1 heteroatoms. The SMILES string of the molecule is C1CNC2CC3CCC3CC2C1. The molecular formula is C11H19N. The third-order valence-corrected chi connectivity index (χ3v) is 4.46. The maximum Gasteiger partial charge on any atom is 0.00981 e. The van der Waals surface area contributed by atoms with E-state index in [2.05, 4.69) is 5.32 Å². The smallest absolute Gasteiger partial charge is 0.00981 e. The Labute approximate surface area is 74.9 Å². The van der Waals surface area contributed by atoms with Crippen LogP contribution in [0.4, 0.5) is 0 Å². The predicted molar refractivity (Wildman–Crippen MR) is 50.0 cm³/mol. The van der Waals surface area contributed by atoms with Crippen LogP contribution >= 0.6 is 0 Å². The average molecular weight is 165 g/mol. The molecule has 4 atom stereocenters. The summed E-state index contributed by atoms with van der Waals surface area (Å²) >= 11 is 0. The fraction of sp³-hybridized carbons (Fsp3) is 1.00. The molecule has 1 nitrogen and oxygen atoms in total. The third-order valence-electron chi connectivity index (χ3n) is 4.46. The summed E-state index contributed by atoms with van der Waals surface area (Å²) in [6.07, 6.45) is 9.10. The van der Waals surface area contributed by atoms with Crippen LogP contribution in [0.2, 0.25) is 0 Å². The molecule has 3 aliphatic rings. The fourth-order valence-corrected chi connectivity index (χ4v) is 3.55. The lowest BCUT2D eigenvalue weighted by Gasteiger charge is -2.49. The molecule has 4 unspecified atom stereocenters. The lowest BCUT2D eigenvalue weighted by molar-refractivity contribution is 0.0384. The summed E-state index contributed by atoms with van der Waals surface area (Å²) in [5.74, 6) is 3.32. The maximum absolute atomic E-state index is 3.71. The van der Waals surface area contributed by atoms with Gasteiger partial charge in [0.2, 0.25) is 0 Å². The Hall–Kier alpha value is -0.0400. The molecule has 1 N–H and O–H groups in total. The molecule has 0 aromatic carbocycles. The van der Waals surface area contributed by atoms with E-state index in [1.54, 1.807) is 12.8 Å². The van der Waals surface area contributed by atoms with Crippen molar-refractivity contribution in [3.05, 3.63) is 0 Å². The van der Waals surface area contributed by atoms with Crippen molar-refractivity contribution in [2.45, 2.75) is 44.6 Å². The number of piperidine rings is 1. The molecule has 68 valence electrons. The number of nitrogens with one attached hydrogen (secondary N) is 1. The lowest BCUT2D eigenvalue weighted by atomic mass is 9.60. The second-order valence-electron chi connectivity index (χ2n) is 5.03. The van der Waals surface area contributed by atoms with Crippen molar-refractivity contribution in [1.82, 2.24) is 5.32 Å². The van der Waals surface area contributed by atoms with E-state index in [0.717, 1.165) is 23.8 Å². The van der Waals surface area contributed by atoms with Gasteiger partial charge in [0.05, 0.1) is 0 Å². The lowest BCUT2D eigenvalue weighted by Crippen LogP contribution is -2.50. The van der Waals surface area contributed by atoms with Gasteiger partial charge in [0, 0.05) is 6.04 Å². The van der Waals surface area contributed by atoms with E-state index in [4.69, 9.17) is 0 Å². The minimum Gasteiger partial charge on any atom is -0.314 e. The molecule has 0 amide bonds. The van der Waals surface area contributed by atoms with Gasteiger partial charge in [-0.15, -0.1) is 0 Å². The molecule has 0 bridgehead atoms. The van der Waals surface area contributed by atoms with Crippen molar-refractivity contribution in [1.29, 1.82) is 0 Å². The highest BCUT2D eigenvalue weighted by Crippen LogP contribution is 2.48. The number of hydrogen-bond donors (Lipinski definition) is 1. The van der Waals surface area contributed by atoms with E-state index >= 15 is 0 Å². The maximum atomic E-state index is 3.71. The Morgan fingerprint density at radius 3 is 2.50 bits per heavy atom. The summed E-state index contributed by atoms with van der Waals surface area (Å²) in [6.45, 7) is 1.29. The summed E-state index contributed by atoms with van der Waals surface area (Å²) in [7, 11) is 0. The van der Waals surface area contributed by atoms with Crippen LogP contribution < -0.4 is 5.32 Å². The van der Waals surface area contributed by atoms with Crippen LogP contribution in [0.5, 0.6) is 0 Å². The average Bonchev–Trinajstić information content (AvgIpc) is 2.09. The molecule has 1 aliphatic heterocycles. The zero-order valence-corrected chi connectivity index (χ0v) is 7.76. The molecule has 12 heavy (non-hydrogen) atoms. The zero-order valence-electron chi connectivity index (χ0n) is 7.76. The highest BCUT2D eigenvalue weighted by atomic mass is 14.9. The van der Waals surface area contributed by atoms with Crippen molar-refractivity contribution in [2.75, 3.05) is 6.54 Å². The van der Waals surface area contributed by atoms with E-state index < -0.39 is 0 Å². The van der Waals surface area contributed by atoms with Crippen LogP contribution in [0.15, 0.2) is 0 Å². The Balaban J connectivity index is 1.70. The van der Waals surface area contributed by atoms with E-state index in [1.165, 1.54) is 32.2 Å². The zero-order chi connectivity index (χ0) is 7.97. The molecule has 3 rings (SSSR count). The predicted octanol–water partition coefficient (Wildman–Crippen LogP) is 2.17. The largest absolute Gasteiger partial charge is 0.314 e. The molecule has 0 radical (unpaired) electrons. The van der Waals surface area contributed by atoms with Gasteiger partial charge < -0.3 is 5.32 Å². The Kier molecular flexibility index (Phi) is 1.68. The molecule has 1 heterocycles. The van der Waals surface area contributed by atoms with Crippen LogP contribution in [0.1, 0.15) is 38.5 Å². The van der Waals surface area contributed by atoms with Crippen LogP contribution in [-0.2, 0) is 0 Å². The second kappa shape index (κ2) is 2.73. The highest BCUT2D eigenvalue weighted by molar-refractivity contribution is 4.95. The van der Waals surface area contributed by atoms with E-state index in [1.807, 2.05) is 0 Å². The van der Waals surface area contributed by atoms with Gasteiger partial charge in [-0.2, -0.15) is 0 Å². The van der Waals surface area contributed by atoms with E-state index in [0.29, 0.717) is 0 Å². The summed E-state index contributed by atoms with van der Waals surface area (Å²) < 4.78 is 0. The number of fused-ring (bicyclic) bond motifs is 2. The van der Waals surface area contributed by atoms with Crippen LogP contribution in [0, 0.1) is 17.8 Å². The highest BCUT2D eigenvalue weighted by Gasteiger charge is 2.42. The van der Waals surface area contributed by atoms with Gasteiger partial charge in [0.1, 0.15) is 0 Å². The first-order chi connectivity index (χ1) is 5.93. The van der Waals surface area contributed by atoms with Crippen molar-refractivity contribution < 1.29 is 0 Å². The molecule has 0 spiro atoms. The quantitative estimate of drug-likeness (QED) is 0.580. The first-order valence-corrected chi connectivity index (χ1v) is 5.67. The van der Waals surface area contributed by atoms with Gasteiger partial charge in [0.15, 0.2) is 0 Å². The minimum absolute atomic E-state index is 0.917. The molecule has 2 saturated carbocycles. The Morgan fingerprint density at radius 2 is 1.67 bits per heavy atom. The van der Waals surface area contributed by atoms with E-state index in [-0.39, 0.29) is 0 Å². The van der Waals surface area contributed by atoms with Crippen molar-refractivity contribution >= 4 is 0 Å². The number of hydrogen-bond acceptors (Lipinski definition) is 1. The van der Waals surface area contributed by atoms with Gasteiger partial charge in [-0.05, 0) is 62.8 Å². The normalized spacial score (nSPS) is 52.0. The van der Waals surface area contributed by atoms with Gasteiger partial charge in [-0.25, -0.2) is 0 Å². The Bertz CT molecular complexity index is 158. The van der Waals surface area contributed by atoms with Crippen LogP contribution in [0.25, 0.3) is 0 Å². The van der Waals surface area contributed by atoms with Gasteiger partial charge in [0.25, 0.3) is 0 Å².